The third-order valence-corrected chi connectivity index (χ3v) is 3.56. The quantitative estimate of drug-likeness (QED) is 0.766. The van der Waals surface area contributed by atoms with E-state index in [1.165, 1.54) is 22.3 Å². The molecule has 0 unspecified atom stereocenters. The van der Waals surface area contributed by atoms with Gasteiger partial charge in [-0.2, -0.15) is 0 Å². The first-order valence-electron chi connectivity index (χ1n) is 6.41. The molecule has 0 spiro atoms. The van der Waals surface area contributed by atoms with Gasteiger partial charge in [-0.1, -0.05) is 12.1 Å². The van der Waals surface area contributed by atoms with Crippen molar-refractivity contribution in [1.29, 1.82) is 0 Å². The number of rotatable bonds is 6. The highest BCUT2D eigenvalue weighted by atomic mass is 16.2. The Morgan fingerprint density at radius 1 is 1.06 bits per heavy atom. The molecule has 0 aromatic heterocycles. The fourth-order valence-electron chi connectivity index (χ4n) is 2.05. The van der Waals surface area contributed by atoms with Crippen molar-refractivity contribution in [3.63, 3.8) is 0 Å². The predicted octanol–water partition coefficient (Wildman–Crippen LogP) is 2.82. The van der Waals surface area contributed by atoms with Crippen LogP contribution in [-0.2, 0) is 6.54 Å². The number of hydrogen-bond donors (Lipinski definition) is 1. The van der Waals surface area contributed by atoms with Crippen molar-refractivity contribution in [3.05, 3.63) is 34.4 Å². The molecular formula is C15H25NO. The Balaban J connectivity index is 2.59. The molecule has 1 N–H and O–H groups in total. The predicted molar refractivity (Wildman–Crippen MR) is 73.3 cm³/mol. The zero-order chi connectivity index (χ0) is 12.8. The van der Waals surface area contributed by atoms with Gasteiger partial charge in [-0.25, -0.2) is 0 Å². The molecule has 0 saturated heterocycles. The molecular weight excluding hydrogens is 210 g/mol. The molecule has 0 bridgehead atoms. The van der Waals surface area contributed by atoms with E-state index in [-0.39, 0.29) is 0 Å². The fourth-order valence-corrected chi connectivity index (χ4v) is 2.05. The summed E-state index contributed by atoms with van der Waals surface area (Å²) in [6.07, 6.45) is 1.97. The standard InChI is InChI=1S/C15H25NO/c1-12-7-8-15(14(3)13(12)2)11-16(4)9-5-6-10-17/h7-8,17H,5-6,9-11H2,1-4H3. The molecule has 1 aromatic rings. The number of benzene rings is 1. The zero-order valence-corrected chi connectivity index (χ0v) is 11.6. The fraction of sp³-hybridized carbons (Fsp3) is 0.600. The molecule has 0 amide bonds. The van der Waals surface area contributed by atoms with E-state index in [1.807, 2.05) is 0 Å². The van der Waals surface area contributed by atoms with Gasteiger partial charge < -0.3 is 10.0 Å². The Kier molecular flexibility index (Phi) is 5.66. The monoisotopic (exact) mass is 235 g/mol. The summed E-state index contributed by atoms with van der Waals surface area (Å²) in [5, 5.41) is 8.76. The van der Waals surface area contributed by atoms with Crippen molar-refractivity contribution in [1.82, 2.24) is 4.90 Å². The maximum atomic E-state index is 8.76. The van der Waals surface area contributed by atoms with Gasteiger partial charge in [-0.15, -0.1) is 0 Å². The molecule has 2 heteroatoms. The zero-order valence-electron chi connectivity index (χ0n) is 11.6. The lowest BCUT2D eigenvalue weighted by Crippen LogP contribution is -2.20. The summed E-state index contributed by atoms with van der Waals surface area (Å²) in [5.41, 5.74) is 5.61. The molecule has 1 aromatic carbocycles. The van der Waals surface area contributed by atoms with Crippen molar-refractivity contribution in [2.75, 3.05) is 20.2 Å². The molecule has 0 aliphatic rings. The number of aliphatic hydroxyl groups excluding tert-OH is 1. The van der Waals surface area contributed by atoms with E-state index < -0.39 is 0 Å². The lowest BCUT2D eigenvalue weighted by molar-refractivity contribution is 0.261. The Labute approximate surface area is 105 Å². The summed E-state index contributed by atoms with van der Waals surface area (Å²) in [4.78, 5) is 2.33. The highest BCUT2D eigenvalue weighted by Crippen LogP contribution is 2.18. The molecule has 0 radical (unpaired) electrons. The first-order chi connectivity index (χ1) is 8.06. The highest BCUT2D eigenvalue weighted by Gasteiger charge is 2.06. The highest BCUT2D eigenvalue weighted by molar-refractivity contribution is 5.38. The number of hydrogen-bond acceptors (Lipinski definition) is 2. The summed E-state index contributed by atoms with van der Waals surface area (Å²) in [6.45, 7) is 8.91. The third-order valence-electron chi connectivity index (χ3n) is 3.56. The normalized spacial score (nSPS) is 11.2. The number of unbranched alkanes of at least 4 members (excludes halogenated alkanes) is 1. The van der Waals surface area contributed by atoms with E-state index in [9.17, 15) is 0 Å². The van der Waals surface area contributed by atoms with Gasteiger partial charge >= 0.3 is 0 Å². The first kappa shape index (κ1) is 14.2. The molecule has 1 rings (SSSR count). The Morgan fingerprint density at radius 3 is 2.41 bits per heavy atom. The van der Waals surface area contributed by atoms with E-state index in [4.69, 9.17) is 5.11 Å². The molecule has 0 fully saturated rings. The summed E-state index contributed by atoms with van der Waals surface area (Å²) >= 11 is 0. The van der Waals surface area contributed by atoms with E-state index in [1.54, 1.807) is 0 Å². The van der Waals surface area contributed by atoms with E-state index in [2.05, 4.69) is 44.9 Å². The number of aliphatic hydroxyl groups is 1. The number of nitrogens with zero attached hydrogens (tertiary/aromatic N) is 1. The Hall–Kier alpha value is -0.860. The van der Waals surface area contributed by atoms with E-state index >= 15 is 0 Å². The largest absolute Gasteiger partial charge is 0.396 e. The SMILES string of the molecule is Cc1ccc(CN(C)CCCCO)c(C)c1C. The molecule has 0 heterocycles. The molecule has 17 heavy (non-hydrogen) atoms. The van der Waals surface area contributed by atoms with Crippen LogP contribution in [0.5, 0.6) is 0 Å². The first-order valence-corrected chi connectivity index (χ1v) is 6.41. The van der Waals surface area contributed by atoms with Gasteiger partial charge in [0.15, 0.2) is 0 Å². The summed E-state index contributed by atoms with van der Waals surface area (Å²) < 4.78 is 0. The van der Waals surface area contributed by atoms with Crippen molar-refractivity contribution in [2.45, 2.75) is 40.2 Å². The van der Waals surface area contributed by atoms with Crippen molar-refractivity contribution < 1.29 is 5.11 Å². The minimum Gasteiger partial charge on any atom is -0.396 e. The van der Waals surface area contributed by atoms with Gasteiger partial charge in [0.25, 0.3) is 0 Å². The minimum absolute atomic E-state index is 0.302. The second-order valence-corrected chi connectivity index (χ2v) is 4.96. The Bertz CT molecular complexity index is 360. The van der Waals surface area contributed by atoms with Crippen LogP contribution in [0.25, 0.3) is 0 Å². The van der Waals surface area contributed by atoms with Gasteiger partial charge in [0.05, 0.1) is 0 Å². The molecule has 0 aliphatic carbocycles. The van der Waals surface area contributed by atoms with Gasteiger partial charge in [-0.05, 0) is 69.5 Å². The summed E-state index contributed by atoms with van der Waals surface area (Å²) in [7, 11) is 2.14. The molecule has 0 saturated carbocycles. The second-order valence-electron chi connectivity index (χ2n) is 4.96. The average Bonchev–Trinajstić information content (AvgIpc) is 2.30. The molecule has 2 nitrogen and oxygen atoms in total. The van der Waals surface area contributed by atoms with Crippen LogP contribution in [0.3, 0.4) is 0 Å². The van der Waals surface area contributed by atoms with Gasteiger partial charge in [0, 0.05) is 13.2 Å². The summed E-state index contributed by atoms with van der Waals surface area (Å²) in [6, 6.07) is 4.44. The maximum absolute atomic E-state index is 8.76. The van der Waals surface area contributed by atoms with Crippen molar-refractivity contribution in [3.8, 4) is 0 Å². The lowest BCUT2D eigenvalue weighted by Gasteiger charge is -2.19. The smallest absolute Gasteiger partial charge is 0.0431 e. The van der Waals surface area contributed by atoms with Crippen LogP contribution in [0.4, 0.5) is 0 Å². The lowest BCUT2D eigenvalue weighted by atomic mass is 9.98. The van der Waals surface area contributed by atoms with Crippen LogP contribution < -0.4 is 0 Å². The Morgan fingerprint density at radius 2 is 1.76 bits per heavy atom. The topological polar surface area (TPSA) is 23.5 Å². The van der Waals surface area contributed by atoms with Crippen LogP contribution in [0.1, 0.15) is 35.1 Å². The maximum Gasteiger partial charge on any atom is 0.0431 e. The van der Waals surface area contributed by atoms with Crippen molar-refractivity contribution in [2.24, 2.45) is 0 Å². The third kappa shape index (κ3) is 4.14. The van der Waals surface area contributed by atoms with Crippen LogP contribution >= 0.6 is 0 Å². The van der Waals surface area contributed by atoms with Gasteiger partial charge in [0.1, 0.15) is 0 Å². The second kappa shape index (κ2) is 6.77. The van der Waals surface area contributed by atoms with Crippen molar-refractivity contribution >= 4 is 0 Å². The van der Waals surface area contributed by atoms with Gasteiger partial charge in [-0.3, -0.25) is 0 Å². The average molecular weight is 235 g/mol. The van der Waals surface area contributed by atoms with Gasteiger partial charge in [0.2, 0.25) is 0 Å². The minimum atomic E-state index is 0.302. The van der Waals surface area contributed by atoms with Crippen LogP contribution in [0.15, 0.2) is 12.1 Å². The van der Waals surface area contributed by atoms with E-state index in [0.29, 0.717) is 6.61 Å². The van der Waals surface area contributed by atoms with Crippen LogP contribution in [0.2, 0.25) is 0 Å². The van der Waals surface area contributed by atoms with Crippen LogP contribution in [-0.4, -0.2) is 30.2 Å². The molecule has 96 valence electrons. The molecule has 0 atom stereocenters. The summed E-state index contributed by atoms with van der Waals surface area (Å²) in [5.74, 6) is 0. The van der Waals surface area contributed by atoms with Crippen LogP contribution in [0, 0.1) is 20.8 Å². The molecule has 0 aliphatic heterocycles. The number of aryl methyl sites for hydroxylation is 1. The van der Waals surface area contributed by atoms with E-state index in [0.717, 1.165) is 25.9 Å².